The van der Waals surface area contributed by atoms with Gasteiger partial charge in [-0.3, -0.25) is 0 Å². The van der Waals surface area contributed by atoms with E-state index in [1.807, 2.05) is 32.0 Å². The lowest BCUT2D eigenvalue weighted by molar-refractivity contribution is 0.242. The van der Waals surface area contributed by atoms with E-state index in [-0.39, 0.29) is 12.1 Å². The predicted octanol–water partition coefficient (Wildman–Crippen LogP) is 4.94. The highest BCUT2D eigenvalue weighted by Gasteiger charge is 2.16. The molecule has 0 fully saturated rings. The molecule has 0 heterocycles. The fourth-order valence-electron chi connectivity index (χ4n) is 2.36. The average Bonchev–Trinajstić information content (AvgIpc) is 2.45. The smallest absolute Gasteiger partial charge is 0.120 e. The molecule has 1 N–H and O–H groups in total. The van der Waals surface area contributed by atoms with Crippen LogP contribution in [0.25, 0.3) is 0 Å². The Morgan fingerprint density at radius 2 is 1.86 bits per heavy atom. The first-order chi connectivity index (χ1) is 10.1. The molecule has 3 heteroatoms. The number of benzene rings is 2. The van der Waals surface area contributed by atoms with Crippen LogP contribution >= 0.6 is 15.9 Å². The van der Waals surface area contributed by atoms with Gasteiger partial charge in [0, 0.05) is 4.47 Å². The number of halogens is 1. The highest BCUT2D eigenvalue weighted by molar-refractivity contribution is 9.10. The lowest BCUT2D eigenvalue weighted by atomic mass is 9.98. The Kier molecular flexibility index (Phi) is 5.83. The lowest BCUT2D eigenvalue weighted by Gasteiger charge is -2.21. The monoisotopic (exact) mass is 347 g/mol. The molecule has 0 aliphatic carbocycles. The van der Waals surface area contributed by atoms with E-state index < -0.39 is 0 Å². The minimum absolute atomic E-state index is 0.154. The summed E-state index contributed by atoms with van der Waals surface area (Å²) in [5.41, 5.74) is 2.45. The van der Waals surface area contributed by atoms with Crippen LogP contribution in [0.3, 0.4) is 0 Å². The molecule has 2 aromatic carbocycles. The van der Waals surface area contributed by atoms with E-state index in [1.165, 1.54) is 11.1 Å². The van der Waals surface area contributed by atoms with Crippen LogP contribution in [0.2, 0.25) is 0 Å². The summed E-state index contributed by atoms with van der Waals surface area (Å²) in [5.74, 6) is 0.914. The summed E-state index contributed by atoms with van der Waals surface area (Å²) >= 11 is 3.65. The average molecular weight is 348 g/mol. The maximum absolute atomic E-state index is 5.81. The Balaban J connectivity index is 2.36. The first-order valence-corrected chi connectivity index (χ1v) is 8.15. The summed E-state index contributed by atoms with van der Waals surface area (Å²) in [6.07, 6.45) is 0.182. The molecule has 21 heavy (non-hydrogen) atoms. The normalized spacial score (nSPS) is 12.4. The Morgan fingerprint density at radius 3 is 2.52 bits per heavy atom. The second-order valence-electron chi connectivity index (χ2n) is 5.25. The van der Waals surface area contributed by atoms with Gasteiger partial charge in [-0.05, 0) is 49.7 Å². The molecule has 1 unspecified atom stereocenters. The maximum atomic E-state index is 5.81. The lowest BCUT2D eigenvalue weighted by Crippen LogP contribution is -2.22. The molecule has 0 aromatic heterocycles. The molecule has 0 spiro atoms. The molecular weight excluding hydrogens is 326 g/mol. The fraction of sp³-hybridized carbons (Fsp3) is 0.333. The summed E-state index contributed by atoms with van der Waals surface area (Å²) in [5, 5.41) is 3.55. The zero-order valence-electron chi connectivity index (χ0n) is 12.8. The third kappa shape index (κ3) is 4.32. The van der Waals surface area contributed by atoms with Gasteiger partial charge < -0.3 is 10.1 Å². The van der Waals surface area contributed by atoms with Crippen LogP contribution in [0.4, 0.5) is 0 Å². The zero-order valence-corrected chi connectivity index (χ0v) is 14.4. The fourth-order valence-corrected chi connectivity index (χ4v) is 2.87. The quantitative estimate of drug-likeness (QED) is 0.799. The van der Waals surface area contributed by atoms with Gasteiger partial charge in [0.25, 0.3) is 0 Å². The molecule has 2 rings (SSSR count). The molecule has 0 amide bonds. The summed E-state index contributed by atoms with van der Waals surface area (Å²) in [6.45, 7) is 7.12. The van der Waals surface area contributed by atoms with E-state index >= 15 is 0 Å². The summed E-state index contributed by atoms with van der Waals surface area (Å²) in [6, 6.07) is 16.8. The topological polar surface area (TPSA) is 21.3 Å². The van der Waals surface area contributed by atoms with E-state index in [9.17, 15) is 0 Å². The number of hydrogen-bond donors (Lipinski definition) is 1. The van der Waals surface area contributed by atoms with Crippen molar-refractivity contribution in [2.45, 2.75) is 32.9 Å². The number of ether oxygens (including phenoxy) is 1. The van der Waals surface area contributed by atoms with E-state index in [0.29, 0.717) is 0 Å². The Morgan fingerprint density at radius 1 is 1.10 bits per heavy atom. The Labute approximate surface area is 135 Å². The largest absolute Gasteiger partial charge is 0.491 e. The second kappa shape index (κ2) is 7.62. The summed E-state index contributed by atoms with van der Waals surface area (Å²) in [4.78, 5) is 0. The van der Waals surface area contributed by atoms with E-state index in [0.717, 1.165) is 16.8 Å². The van der Waals surface area contributed by atoms with Crippen molar-refractivity contribution in [1.82, 2.24) is 5.32 Å². The first kappa shape index (κ1) is 16.1. The van der Waals surface area contributed by atoms with Gasteiger partial charge in [-0.15, -0.1) is 0 Å². The van der Waals surface area contributed by atoms with Crippen molar-refractivity contribution in [3.05, 3.63) is 64.1 Å². The van der Waals surface area contributed by atoms with Crippen LogP contribution in [0.1, 0.15) is 37.9 Å². The molecule has 2 aromatic rings. The van der Waals surface area contributed by atoms with Crippen LogP contribution in [-0.2, 0) is 0 Å². The first-order valence-electron chi connectivity index (χ1n) is 7.36. The third-order valence-corrected chi connectivity index (χ3v) is 3.91. The highest BCUT2D eigenvalue weighted by Crippen LogP contribution is 2.30. The SMILES string of the molecule is CCNC(c1cccc(OC(C)C)c1)c1ccccc1Br. The van der Waals surface area contributed by atoms with Crippen molar-refractivity contribution in [1.29, 1.82) is 0 Å². The third-order valence-electron chi connectivity index (χ3n) is 3.19. The van der Waals surface area contributed by atoms with E-state index in [1.54, 1.807) is 0 Å². The summed E-state index contributed by atoms with van der Waals surface area (Å²) < 4.78 is 6.93. The highest BCUT2D eigenvalue weighted by atomic mass is 79.9. The van der Waals surface area contributed by atoms with E-state index in [2.05, 4.69) is 58.5 Å². The minimum Gasteiger partial charge on any atom is -0.491 e. The predicted molar refractivity (Wildman–Crippen MR) is 91.9 cm³/mol. The summed E-state index contributed by atoms with van der Waals surface area (Å²) in [7, 11) is 0. The van der Waals surface area contributed by atoms with Crippen LogP contribution in [0, 0.1) is 0 Å². The standard InChI is InChI=1S/C18H22BrNO/c1-4-20-18(16-10-5-6-11-17(16)19)14-8-7-9-15(12-14)21-13(2)3/h5-13,18,20H,4H2,1-3H3. The minimum atomic E-state index is 0.154. The molecule has 0 saturated carbocycles. The molecule has 1 atom stereocenters. The molecule has 2 nitrogen and oxygen atoms in total. The van der Waals surface area contributed by atoms with Crippen molar-refractivity contribution in [3.63, 3.8) is 0 Å². The molecule has 0 saturated heterocycles. The van der Waals surface area contributed by atoms with Crippen molar-refractivity contribution in [3.8, 4) is 5.75 Å². The van der Waals surface area contributed by atoms with Crippen molar-refractivity contribution < 1.29 is 4.74 Å². The van der Waals surface area contributed by atoms with Gasteiger partial charge in [0.2, 0.25) is 0 Å². The molecule has 0 aliphatic rings. The van der Waals surface area contributed by atoms with Crippen molar-refractivity contribution in [2.24, 2.45) is 0 Å². The van der Waals surface area contributed by atoms with Crippen LogP contribution in [0.15, 0.2) is 53.0 Å². The molecule has 0 radical (unpaired) electrons. The van der Waals surface area contributed by atoms with E-state index in [4.69, 9.17) is 4.74 Å². The van der Waals surface area contributed by atoms with Gasteiger partial charge in [-0.2, -0.15) is 0 Å². The van der Waals surface area contributed by atoms with Crippen molar-refractivity contribution >= 4 is 15.9 Å². The van der Waals surface area contributed by atoms with Crippen LogP contribution < -0.4 is 10.1 Å². The van der Waals surface area contributed by atoms with Crippen LogP contribution in [-0.4, -0.2) is 12.6 Å². The van der Waals surface area contributed by atoms with Gasteiger partial charge in [-0.1, -0.05) is 53.2 Å². The number of nitrogens with one attached hydrogen (secondary N) is 1. The number of rotatable bonds is 6. The van der Waals surface area contributed by atoms with Crippen molar-refractivity contribution in [2.75, 3.05) is 6.54 Å². The van der Waals surface area contributed by atoms with Gasteiger partial charge in [0.15, 0.2) is 0 Å². The van der Waals surface area contributed by atoms with Crippen LogP contribution in [0.5, 0.6) is 5.75 Å². The molecule has 112 valence electrons. The maximum Gasteiger partial charge on any atom is 0.120 e. The second-order valence-corrected chi connectivity index (χ2v) is 6.11. The van der Waals surface area contributed by atoms with Gasteiger partial charge in [0.1, 0.15) is 5.75 Å². The Bertz CT molecular complexity index is 583. The van der Waals surface area contributed by atoms with Gasteiger partial charge in [-0.25, -0.2) is 0 Å². The van der Waals surface area contributed by atoms with Gasteiger partial charge in [0.05, 0.1) is 12.1 Å². The molecule has 0 aliphatic heterocycles. The molecular formula is C18H22BrNO. The number of hydrogen-bond acceptors (Lipinski definition) is 2. The zero-order chi connectivity index (χ0) is 15.2. The molecule has 0 bridgehead atoms. The Hall–Kier alpha value is -1.32. The van der Waals surface area contributed by atoms with Gasteiger partial charge >= 0.3 is 0 Å².